The first-order valence-corrected chi connectivity index (χ1v) is 7.63. The van der Waals surface area contributed by atoms with E-state index in [4.69, 9.17) is 4.42 Å². The van der Waals surface area contributed by atoms with Crippen molar-refractivity contribution < 1.29 is 14.3 Å². The lowest BCUT2D eigenvalue weighted by atomic mass is 9.97. The number of rotatable bonds is 5. The maximum absolute atomic E-state index is 12.3. The standard InChI is InChI=1S/C19H19NO3/c1-13(15-9-8-14-5-2-3-6-16(14)11-15)19(22)20-12-17(21)18-7-4-10-23-18/h2-11,13,17,21H,12H2,1H3,(H,20,22). The fraction of sp³-hybridized carbons (Fsp3) is 0.211. The van der Waals surface area contributed by atoms with Gasteiger partial charge in [0.25, 0.3) is 0 Å². The first-order valence-electron chi connectivity index (χ1n) is 7.63. The molecule has 23 heavy (non-hydrogen) atoms. The highest BCUT2D eigenvalue weighted by molar-refractivity contribution is 5.87. The molecule has 0 fully saturated rings. The van der Waals surface area contributed by atoms with Gasteiger partial charge >= 0.3 is 0 Å². The smallest absolute Gasteiger partial charge is 0.227 e. The van der Waals surface area contributed by atoms with Gasteiger partial charge in [-0.1, -0.05) is 42.5 Å². The number of nitrogens with one attached hydrogen (secondary N) is 1. The van der Waals surface area contributed by atoms with Gasteiger partial charge in [-0.2, -0.15) is 0 Å². The van der Waals surface area contributed by atoms with Crippen LogP contribution in [0.2, 0.25) is 0 Å². The van der Waals surface area contributed by atoms with Gasteiger partial charge in [0.2, 0.25) is 5.91 Å². The van der Waals surface area contributed by atoms with Gasteiger partial charge in [0.05, 0.1) is 18.7 Å². The van der Waals surface area contributed by atoms with Crippen molar-refractivity contribution in [3.63, 3.8) is 0 Å². The molecule has 4 nitrogen and oxygen atoms in total. The monoisotopic (exact) mass is 309 g/mol. The number of carbonyl (C=O) groups excluding carboxylic acids is 1. The van der Waals surface area contributed by atoms with Gasteiger partial charge in [0, 0.05) is 0 Å². The molecule has 0 aliphatic carbocycles. The third kappa shape index (κ3) is 3.43. The van der Waals surface area contributed by atoms with E-state index in [1.165, 1.54) is 6.26 Å². The van der Waals surface area contributed by atoms with E-state index in [2.05, 4.69) is 5.32 Å². The Kier molecular flexibility index (Phi) is 4.44. The average Bonchev–Trinajstić information content (AvgIpc) is 3.13. The van der Waals surface area contributed by atoms with E-state index in [0.29, 0.717) is 5.76 Å². The molecule has 118 valence electrons. The summed E-state index contributed by atoms with van der Waals surface area (Å²) in [6.07, 6.45) is 0.663. The van der Waals surface area contributed by atoms with Crippen LogP contribution in [0.1, 0.15) is 30.3 Å². The van der Waals surface area contributed by atoms with Crippen LogP contribution in [0.15, 0.2) is 65.3 Å². The Morgan fingerprint density at radius 1 is 1.13 bits per heavy atom. The van der Waals surface area contributed by atoms with Crippen LogP contribution in [0.25, 0.3) is 10.8 Å². The molecule has 4 heteroatoms. The van der Waals surface area contributed by atoms with Crippen molar-refractivity contribution in [2.24, 2.45) is 0 Å². The second-order valence-corrected chi connectivity index (χ2v) is 5.60. The number of carbonyl (C=O) groups is 1. The van der Waals surface area contributed by atoms with Crippen molar-refractivity contribution in [3.05, 3.63) is 72.2 Å². The van der Waals surface area contributed by atoms with E-state index in [1.54, 1.807) is 12.1 Å². The zero-order valence-corrected chi connectivity index (χ0v) is 12.9. The van der Waals surface area contributed by atoms with Crippen LogP contribution in [0.4, 0.5) is 0 Å². The van der Waals surface area contributed by atoms with E-state index >= 15 is 0 Å². The Labute approximate surface area is 134 Å². The fourth-order valence-corrected chi connectivity index (χ4v) is 2.56. The van der Waals surface area contributed by atoms with Crippen molar-refractivity contribution in [3.8, 4) is 0 Å². The molecule has 2 atom stereocenters. The second-order valence-electron chi connectivity index (χ2n) is 5.60. The van der Waals surface area contributed by atoms with Gasteiger partial charge in [-0.05, 0) is 35.4 Å². The summed E-state index contributed by atoms with van der Waals surface area (Å²) in [5.41, 5.74) is 0.952. The molecule has 3 rings (SSSR count). The van der Waals surface area contributed by atoms with Crippen molar-refractivity contribution >= 4 is 16.7 Å². The van der Waals surface area contributed by atoms with Crippen molar-refractivity contribution in [2.75, 3.05) is 6.54 Å². The zero-order valence-electron chi connectivity index (χ0n) is 12.9. The maximum atomic E-state index is 12.3. The molecule has 0 aliphatic heterocycles. The maximum Gasteiger partial charge on any atom is 0.227 e. The van der Waals surface area contributed by atoms with E-state index in [9.17, 15) is 9.90 Å². The van der Waals surface area contributed by atoms with Gasteiger partial charge in [-0.15, -0.1) is 0 Å². The number of aliphatic hydroxyl groups is 1. The second kappa shape index (κ2) is 6.67. The first-order chi connectivity index (χ1) is 11.1. The van der Waals surface area contributed by atoms with Gasteiger partial charge in [0.15, 0.2) is 0 Å². The van der Waals surface area contributed by atoms with Crippen LogP contribution in [0.5, 0.6) is 0 Å². The summed E-state index contributed by atoms with van der Waals surface area (Å²) in [6.45, 7) is 1.99. The highest BCUT2D eigenvalue weighted by Crippen LogP contribution is 2.22. The highest BCUT2D eigenvalue weighted by atomic mass is 16.4. The zero-order chi connectivity index (χ0) is 16.2. The summed E-state index contributed by atoms with van der Waals surface area (Å²) in [5, 5.41) is 15.0. The summed E-state index contributed by atoms with van der Waals surface area (Å²) in [6, 6.07) is 17.5. The van der Waals surface area contributed by atoms with Crippen molar-refractivity contribution in [1.29, 1.82) is 0 Å². The predicted molar refractivity (Wildman–Crippen MR) is 89.0 cm³/mol. The minimum atomic E-state index is -0.835. The minimum Gasteiger partial charge on any atom is -0.467 e. The topological polar surface area (TPSA) is 62.5 Å². The summed E-state index contributed by atoms with van der Waals surface area (Å²) in [4.78, 5) is 12.3. The number of aliphatic hydroxyl groups excluding tert-OH is 1. The number of fused-ring (bicyclic) bond motifs is 1. The molecule has 0 bridgehead atoms. The third-order valence-electron chi connectivity index (χ3n) is 4.01. The molecule has 0 saturated carbocycles. The lowest BCUT2D eigenvalue weighted by molar-refractivity contribution is -0.122. The summed E-state index contributed by atoms with van der Waals surface area (Å²) in [5.74, 6) is 0.0398. The van der Waals surface area contributed by atoms with Crippen LogP contribution in [-0.2, 0) is 4.79 Å². The predicted octanol–water partition coefficient (Wildman–Crippen LogP) is 3.39. The Morgan fingerprint density at radius 3 is 2.65 bits per heavy atom. The Hall–Kier alpha value is -2.59. The molecule has 0 aliphatic rings. The van der Waals surface area contributed by atoms with Crippen molar-refractivity contribution in [1.82, 2.24) is 5.32 Å². The number of hydrogen-bond donors (Lipinski definition) is 2. The molecule has 0 spiro atoms. The normalized spacial score (nSPS) is 13.7. The highest BCUT2D eigenvalue weighted by Gasteiger charge is 2.18. The summed E-state index contributed by atoms with van der Waals surface area (Å²) in [7, 11) is 0. The van der Waals surface area contributed by atoms with E-state index in [0.717, 1.165) is 16.3 Å². The molecule has 1 amide bonds. The van der Waals surface area contributed by atoms with Gasteiger partial charge < -0.3 is 14.8 Å². The van der Waals surface area contributed by atoms with E-state index in [-0.39, 0.29) is 18.4 Å². The molecule has 2 aromatic carbocycles. The molecule has 1 heterocycles. The van der Waals surface area contributed by atoms with Crippen LogP contribution < -0.4 is 5.32 Å². The van der Waals surface area contributed by atoms with E-state index < -0.39 is 6.10 Å². The number of hydrogen-bond acceptors (Lipinski definition) is 3. The Bertz CT molecular complexity index is 795. The third-order valence-corrected chi connectivity index (χ3v) is 4.01. The largest absolute Gasteiger partial charge is 0.467 e. The molecule has 3 aromatic rings. The van der Waals surface area contributed by atoms with Gasteiger partial charge in [-0.3, -0.25) is 4.79 Å². The molecule has 0 saturated heterocycles. The first kappa shape index (κ1) is 15.3. The van der Waals surface area contributed by atoms with E-state index in [1.807, 2.05) is 49.4 Å². The van der Waals surface area contributed by atoms with Crippen LogP contribution in [-0.4, -0.2) is 17.6 Å². The molecule has 2 unspecified atom stereocenters. The quantitative estimate of drug-likeness (QED) is 0.759. The Morgan fingerprint density at radius 2 is 1.91 bits per heavy atom. The molecular formula is C19H19NO3. The summed E-state index contributed by atoms with van der Waals surface area (Å²) < 4.78 is 5.12. The van der Waals surface area contributed by atoms with Crippen molar-refractivity contribution in [2.45, 2.75) is 18.9 Å². The molecular weight excluding hydrogens is 290 g/mol. The van der Waals surface area contributed by atoms with Crippen LogP contribution in [0.3, 0.4) is 0 Å². The minimum absolute atomic E-state index is 0.120. The Balaban J connectivity index is 1.66. The van der Waals surface area contributed by atoms with Gasteiger partial charge in [-0.25, -0.2) is 0 Å². The molecule has 2 N–H and O–H groups in total. The van der Waals surface area contributed by atoms with Crippen LogP contribution in [0, 0.1) is 0 Å². The number of furan rings is 1. The number of amides is 1. The van der Waals surface area contributed by atoms with Gasteiger partial charge in [0.1, 0.15) is 11.9 Å². The summed E-state index contributed by atoms with van der Waals surface area (Å²) >= 11 is 0. The molecule has 1 aromatic heterocycles. The molecule has 0 radical (unpaired) electrons. The van der Waals surface area contributed by atoms with Crippen LogP contribution >= 0.6 is 0 Å². The number of benzene rings is 2. The lowest BCUT2D eigenvalue weighted by Gasteiger charge is -2.15. The SMILES string of the molecule is CC(C(=O)NCC(O)c1ccco1)c1ccc2ccccc2c1. The fourth-order valence-electron chi connectivity index (χ4n) is 2.56. The lowest BCUT2D eigenvalue weighted by Crippen LogP contribution is -2.31. The average molecular weight is 309 g/mol.